The Labute approximate surface area is 105 Å². The summed E-state index contributed by atoms with van der Waals surface area (Å²) in [4.78, 5) is 13.5. The molecule has 3 nitrogen and oxygen atoms in total. The number of carbonyl (C=O) groups excluding carboxylic acids is 1. The van der Waals surface area contributed by atoms with Gasteiger partial charge in [0.15, 0.2) is 0 Å². The highest BCUT2D eigenvalue weighted by Crippen LogP contribution is 2.30. The predicted octanol–water partition coefficient (Wildman–Crippen LogP) is 2.02. The molecule has 98 valence electrons. The van der Waals surface area contributed by atoms with Crippen molar-refractivity contribution in [2.45, 2.75) is 51.5 Å². The fourth-order valence-electron chi connectivity index (χ4n) is 3.30. The summed E-state index contributed by atoms with van der Waals surface area (Å²) in [7, 11) is 1.90. The summed E-state index contributed by atoms with van der Waals surface area (Å²) < 4.78 is 0. The van der Waals surface area contributed by atoms with Crippen LogP contribution in [0.3, 0.4) is 0 Å². The normalized spacial score (nSPS) is 34.4. The van der Waals surface area contributed by atoms with Crippen LogP contribution >= 0.6 is 0 Å². The van der Waals surface area contributed by atoms with E-state index in [0.717, 1.165) is 31.3 Å². The van der Waals surface area contributed by atoms with Gasteiger partial charge >= 0.3 is 0 Å². The van der Waals surface area contributed by atoms with Crippen molar-refractivity contribution < 1.29 is 4.79 Å². The molecule has 2 rings (SSSR count). The molecule has 1 saturated heterocycles. The molecule has 1 saturated carbocycles. The van der Waals surface area contributed by atoms with Crippen LogP contribution in [-0.2, 0) is 4.79 Å². The van der Waals surface area contributed by atoms with E-state index in [4.69, 9.17) is 0 Å². The minimum absolute atomic E-state index is 0.0982. The lowest BCUT2D eigenvalue weighted by molar-refractivity contribution is -0.128. The van der Waals surface area contributed by atoms with Crippen molar-refractivity contribution in [3.63, 3.8) is 0 Å². The van der Waals surface area contributed by atoms with Crippen LogP contribution in [0.25, 0.3) is 0 Å². The molecule has 0 radical (unpaired) electrons. The maximum Gasteiger partial charge on any atom is 0.239 e. The van der Waals surface area contributed by atoms with Gasteiger partial charge in [-0.3, -0.25) is 4.79 Å². The molecule has 0 aromatic rings. The van der Waals surface area contributed by atoms with E-state index in [-0.39, 0.29) is 11.9 Å². The zero-order valence-electron chi connectivity index (χ0n) is 11.2. The van der Waals surface area contributed by atoms with E-state index in [1.807, 2.05) is 11.9 Å². The molecule has 1 N–H and O–H groups in total. The first-order valence-corrected chi connectivity index (χ1v) is 7.15. The Morgan fingerprint density at radius 1 is 1.35 bits per heavy atom. The molecule has 1 aliphatic carbocycles. The third-order valence-electron chi connectivity index (χ3n) is 4.42. The Balaban J connectivity index is 1.64. The molecule has 1 aliphatic heterocycles. The first kappa shape index (κ1) is 12.9. The Morgan fingerprint density at radius 3 is 2.82 bits per heavy atom. The SMILES string of the molecule is CC1CCCC(CCNC2CCN(C)C2=O)C1. The molecule has 0 spiro atoms. The summed E-state index contributed by atoms with van der Waals surface area (Å²) in [5.74, 6) is 2.08. The number of nitrogens with one attached hydrogen (secondary N) is 1. The monoisotopic (exact) mass is 238 g/mol. The van der Waals surface area contributed by atoms with Crippen molar-refractivity contribution >= 4 is 5.91 Å². The maximum atomic E-state index is 11.7. The van der Waals surface area contributed by atoms with Crippen LogP contribution in [0.1, 0.15) is 45.4 Å². The van der Waals surface area contributed by atoms with E-state index < -0.39 is 0 Å². The standard InChI is InChI=1S/C14H26N2O/c1-11-4-3-5-12(10-11)6-8-15-13-7-9-16(2)14(13)17/h11-13,15H,3-10H2,1-2H3. The van der Waals surface area contributed by atoms with Crippen molar-refractivity contribution in [2.24, 2.45) is 11.8 Å². The van der Waals surface area contributed by atoms with Gasteiger partial charge < -0.3 is 10.2 Å². The van der Waals surface area contributed by atoms with Gasteiger partial charge in [-0.05, 0) is 37.6 Å². The molecule has 1 heterocycles. The van der Waals surface area contributed by atoms with Gasteiger partial charge in [-0.15, -0.1) is 0 Å². The third kappa shape index (κ3) is 3.44. The molecule has 0 bridgehead atoms. The zero-order valence-corrected chi connectivity index (χ0v) is 11.2. The van der Waals surface area contributed by atoms with Gasteiger partial charge in [-0.1, -0.05) is 26.2 Å². The highest BCUT2D eigenvalue weighted by Gasteiger charge is 2.28. The molecule has 3 unspecified atom stereocenters. The average molecular weight is 238 g/mol. The van der Waals surface area contributed by atoms with Gasteiger partial charge in [-0.2, -0.15) is 0 Å². The number of likely N-dealkylation sites (tertiary alicyclic amines) is 1. The topological polar surface area (TPSA) is 32.3 Å². The Bertz CT molecular complexity index is 267. The number of carbonyl (C=O) groups is 1. The molecule has 2 fully saturated rings. The number of amides is 1. The van der Waals surface area contributed by atoms with Crippen LogP contribution in [0.15, 0.2) is 0 Å². The fraction of sp³-hybridized carbons (Fsp3) is 0.929. The van der Waals surface area contributed by atoms with Crippen molar-refractivity contribution in [1.82, 2.24) is 10.2 Å². The Morgan fingerprint density at radius 2 is 2.18 bits per heavy atom. The summed E-state index contributed by atoms with van der Waals surface area (Å²) in [6, 6.07) is 0.0982. The van der Waals surface area contributed by atoms with E-state index >= 15 is 0 Å². The van der Waals surface area contributed by atoms with Gasteiger partial charge in [0, 0.05) is 13.6 Å². The van der Waals surface area contributed by atoms with Gasteiger partial charge in [-0.25, -0.2) is 0 Å². The number of nitrogens with zero attached hydrogens (tertiary/aromatic N) is 1. The molecule has 0 aromatic carbocycles. The van der Waals surface area contributed by atoms with E-state index in [1.165, 1.54) is 32.1 Å². The minimum Gasteiger partial charge on any atom is -0.344 e. The molecular weight excluding hydrogens is 212 g/mol. The highest BCUT2D eigenvalue weighted by molar-refractivity contribution is 5.83. The summed E-state index contributed by atoms with van der Waals surface area (Å²) >= 11 is 0. The Kier molecular flexibility index (Phi) is 4.43. The van der Waals surface area contributed by atoms with Gasteiger partial charge in [0.05, 0.1) is 6.04 Å². The quantitative estimate of drug-likeness (QED) is 0.812. The second-order valence-electron chi connectivity index (χ2n) is 5.98. The maximum absolute atomic E-state index is 11.7. The van der Waals surface area contributed by atoms with Crippen LogP contribution in [0.5, 0.6) is 0 Å². The Hall–Kier alpha value is -0.570. The first-order chi connectivity index (χ1) is 8.16. The molecule has 1 amide bonds. The van der Waals surface area contributed by atoms with E-state index in [2.05, 4.69) is 12.2 Å². The van der Waals surface area contributed by atoms with Gasteiger partial charge in [0.25, 0.3) is 0 Å². The zero-order chi connectivity index (χ0) is 12.3. The molecule has 2 aliphatic rings. The second kappa shape index (κ2) is 5.85. The lowest BCUT2D eigenvalue weighted by atomic mass is 9.81. The van der Waals surface area contributed by atoms with Crippen molar-refractivity contribution in [1.29, 1.82) is 0 Å². The lowest BCUT2D eigenvalue weighted by Crippen LogP contribution is -2.38. The third-order valence-corrected chi connectivity index (χ3v) is 4.42. The van der Waals surface area contributed by atoms with Crippen LogP contribution in [-0.4, -0.2) is 37.0 Å². The average Bonchev–Trinajstić information content (AvgIpc) is 2.61. The van der Waals surface area contributed by atoms with Crippen LogP contribution in [0.2, 0.25) is 0 Å². The summed E-state index contributed by atoms with van der Waals surface area (Å²) in [6.45, 7) is 4.30. The second-order valence-corrected chi connectivity index (χ2v) is 5.98. The molecular formula is C14H26N2O. The highest BCUT2D eigenvalue weighted by atomic mass is 16.2. The van der Waals surface area contributed by atoms with Crippen LogP contribution in [0, 0.1) is 11.8 Å². The fourth-order valence-corrected chi connectivity index (χ4v) is 3.30. The van der Waals surface area contributed by atoms with E-state index in [9.17, 15) is 4.79 Å². The molecule has 3 heteroatoms. The predicted molar refractivity (Wildman–Crippen MR) is 69.8 cm³/mol. The van der Waals surface area contributed by atoms with Crippen molar-refractivity contribution in [3.05, 3.63) is 0 Å². The summed E-state index contributed by atoms with van der Waals surface area (Å²) in [6.07, 6.45) is 7.83. The number of hydrogen-bond acceptors (Lipinski definition) is 2. The van der Waals surface area contributed by atoms with Crippen LogP contribution < -0.4 is 5.32 Å². The molecule has 0 aromatic heterocycles. The number of rotatable bonds is 4. The lowest BCUT2D eigenvalue weighted by Gasteiger charge is -2.27. The van der Waals surface area contributed by atoms with Crippen LogP contribution in [0.4, 0.5) is 0 Å². The van der Waals surface area contributed by atoms with Gasteiger partial charge in [0.1, 0.15) is 0 Å². The summed E-state index contributed by atoms with van der Waals surface area (Å²) in [5, 5.41) is 3.43. The largest absolute Gasteiger partial charge is 0.344 e. The summed E-state index contributed by atoms with van der Waals surface area (Å²) in [5.41, 5.74) is 0. The smallest absolute Gasteiger partial charge is 0.239 e. The molecule has 17 heavy (non-hydrogen) atoms. The number of likely N-dealkylation sites (N-methyl/N-ethyl adjacent to an activating group) is 1. The van der Waals surface area contributed by atoms with E-state index in [1.54, 1.807) is 0 Å². The first-order valence-electron chi connectivity index (χ1n) is 7.15. The van der Waals surface area contributed by atoms with E-state index in [0.29, 0.717) is 0 Å². The van der Waals surface area contributed by atoms with Crippen molar-refractivity contribution in [2.75, 3.05) is 20.1 Å². The van der Waals surface area contributed by atoms with Crippen molar-refractivity contribution in [3.8, 4) is 0 Å². The minimum atomic E-state index is 0.0982. The molecule has 3 atom stereocenters. The van der Waals surface area contributed by atoms with Gasteiger partial charge in [0.2, 0.25) is 5.91 Å². The number of hydrogen-bond donors (Lipinski definition) is 1.